The van der Waals surface area contributed by atoms with Crippen molar-refractivity contribution in [1.29, 1.82) is 0 Å². The number of carboxylic acids is 1. The Morgan fingerprint density at radius 3 is 2.27 bits per heavy atom. The lowest BCUT2D eigenvalue weighted by Gasteiger charge is -2.24. The van der Waals surface area contributed by atoms with Crippen LogP contribution < -0.4 is 4.74 Å². The molecule has 1 aromatic carbocycles. The highest BCUT2D eigenvalue weighted by Crippen LogP contribution is 2.16. The summed E-state index contributed by atoms with van der Waals surface area (Å²) in [5.74, 6) is -1.17. The molecule has 0 bridgehead atoms. The number of benzene rings is 1. The van der Waals surface area contributed by atoms with E-state index < -0.39 is 12.6 Å². The van der Waals surface area contributed by atoms with Crippen LogP contribution in [0.4, 0.5) is 8.78 Å². The van der Waals surface area contributed by atoms with E-state index in [0.29, 0.717) is 12.1 Å². The van der Waals surface area contributed by atoms with Crippen LogP contribution in [0, 0.1) is 5.92 Å². The summed E-state index contributed by atoms with van der Waals surface area (Å²) >= 11 is 0. The van der Waals surface area contributed by atoms with E-state index in [1.165, 1.54) is 29.2 Å². The number of carboxylic acid groups (broad SMARTS) is 1. The lowest BCUT2D eigenvalue weighted by atomic mass is 10.1. The van der Waals surface area contributed by atoms with Crippen molar-refractivity contribution in [2.24, 2.45) is 5.92 Å². The first kappa shape index (κ1) is 17.9. The molecule has 0 aliphatic carbocycles. The largest absolute Gasteiger partial charge is 0.481 e. The number of amides is 1. The van der Waals surface area contributed by atoms with Crippen molar-refractivity contribution in [3.63, 3.8) is 0 Å². The van der Waals surface area contributed by atoms with Crippen molar-refractivity contribution >= 4 is 11.9 Å². The van der Waals surface area contributed by atoms with Crippen LogP contribution >= 0.6 is 0 Å². The monoisotopic (exact) mass is 315 g/mol. The maximum absolute atomic E-state index is 12.4. The molecule has 122 valence electrons. The third kappa shape index (κ3) is 6.07. The number of aliphatic carboxylic acids is 1. The molecule has 0 fully saturated rings. The predicted octanol–water partition coefficient (Wildman–Crippen LogP) is 2.86. The van der Waals surface area contributed by atoms with Crippen LogP contribution in [0.1, 0.15) is 30.6 Å². The average molecular weight is 315 g/mol. The van der Waals surface area contributed by atoms with E-state index in [-0.39, 0.29) is 30.5 Å². The first-order valence-electron chi connectivity index (χ1n) is 6.85. The fraction of sp³-hybridized carbons (Fsp3) is 0.467. The molecular formula is C15H19F2NO4. The molecule has 5 nitrogen and oxygen atoms in total. The first-order valence-corrected chi connectivity index (χ1v) is 6.85. The number of nitrogens with zero attached hydrogens (tertiary/aromatic N) is 1. The minimum Gasteiger partial charge on any atom is -0.481 e. The van der Waals surface area contributed by atoms with Crippen LogP contribution in [-0.2, 0) is 4.79 Å². The molecule has 1 aromatic rings. The molecule has 0 radical (unpaired) electrons. The van der Waals surface area contributed by atoms with E-state index in [0.717, 1.165) is 0 Å². The first-order chi connectivity index (χ1) is 10.3. The van der Waals surface area contributed by atoms with Crippen LogP contribution in [0.3, 0.4) is 0 Å². The average Bonchev–Trinajstić information content (AvgIpc) is 2.42. The summed E-state index contributed by atoms with van der Waals surface area (Å²) in [6.07, 6.45) is -0.148. The molecule has 1 amide bonds. The van der Waals surface area contributed by atoms with Gasteiger partial charge in [-0.05, 0) is 30.2 Å². The highest BCUT2D eigenvalue weighted by molar-refractivity contribution is 5.94. The Balaban J connectivity index is 2.81. The van der Waals surface area contributed by atoms with Gasteiger partial charge in [0, 0.05) is 18.7 Å². The number of rotatable bonds is 8. The second kappa shape index (κ2) is 8.31. The molecule has 1 rings (SSSR count). The van der Waals surface area contributed by atoms with Gasteiger partial charge in [-0.3, -0.25) is 9.59 Å². The Morgan fingerprint density at radius 1 is 1.23 bits per heavy atom. The topological polar surface area (TPSA) is 66.8 Å². The standard InChI is InChI=1S/C15H19F2NO4/c1-10(2)9-18(8-7-13(19)20)14(21)11-3-5-12(6-4-11)22-15(16)17/h3-6,10,15H,7-9H2,1-2H3,(H,19,20). The van der Waals surface area contributed by atoms with Crippen LogP contribution in [0.2, 0.25) is 0 Å². The zero-order valence-electron chi connectivity index (χ0n) is 12.5. The molecule has 0 heterocycles. The zero-order valence-corrected chi connectivity index (χ0v) is 12.5. The molecule has 22 heavy (non-hydrogen) atoms. The summed E-state index contributed by atoms with van der Waals surface area (Å²) < 4.78 is 28.4. The predicted molar refractivity (Wildman–Crippen MR) is 76.1 cm³/mol. The third-order valence-corrected chi connectivity index (χ3v) is 2.79. The van der Waals surface area contributed by atoms with Gasteiger partial charge in [0.2, 0.25) is 0 Å². The van der Waals surface area contributed by atoms with E-state index in [4.69, 9.17) is 5.11 Å². The molecule has 0 atom stereocenters. The Bertz CT molecular complexity index is 503. The fourth-order valence-electron chi connectivity index (χ4n) is 1.91. The van der Waals surface area contributed by atoms with Gasteiger partial charge in [0.15, 0.2) is 0 Å². The lowest BCUT2D eigenvalue weighted by molar-refractivity contribution is -0.137. The van der Waals surface area contributed by atoms with E-state index in [1.54, 1.807) is 0 Å². The minimum atomic E-state index is -2.92. The third-order valence-electron chi connectivity index (χ3n) is 2.79. The van der Waals surface area contributed by atoms with Gasteiger partial charge in [0.05, 0.1) is 6.42 Å². The maximum atomic E-state index is 12.4. The molecule has 0 unspecified atom stereocenters. The summed E-state index contributed by atoms with van der Waals surface area (Å²) in [5.41, 5.74) is 0.299. The van der Waals surface area contributed by atoms with Gasteiger partial charge in [-0.1, -0.05) is 13.8 Å². The van der Waals surface area contributed by atoms with Crippen molar-refractivity contribution in [1.82, 2.24) is 4.90 Å². The Hall–Kier alpha value is -2.18. The summed E-state index contributed by atoms with van der Waals surface area (Å²) in [7, 11) is 0. The quantitative estimate of drug-likeness (QED) is 0.801. The number of carbonyl (C=O) groups is 2. The normalized spacial score (nSPS) is 10.8. The maximum Gasteiger partial charge on any atom is 0.387 e. The summed E-state index contributed by atoms with van der Waals surface area (Å²) in [6.45, 7) is 1.43. The van der Waals surface area contributed by atoms with Crippen molar-refractivity contribution in [3.8, 4) is 5.75 Å². The molecule has 7 heteroatoms. The van der Waals surface area contributed by atoms with Gasteiger partial charge < -0.3 is 14.7 Å². The minimum absolute atomic E-state index is 0.0347. The van der Waals surface area contributed by atoms with E-state index in [1.807, 2.05) is 13.8 Å². The van der Waals surface area contributed by atoms with Gasteiger partial charge in [0.1, 0.15) is 5.75 Å². The zero-order chi connectivity index (χ0) is 16.7. The molecule has 0 saturated heterocycles. The highest BCUT2D eigenvalue weighted by atomic mass is 19.3. The van der Waals surface area contributed by atoms with Crippen molar-refractivity contribution in [2.75, 3.05) is 13.1 Å². The van der Waals surface area contributed by atoms with Gasteiger partial charge in [0.25, 0.3) is 5.91 Å². The van der Waals surface area contributed by atoms with Crippen LogP contribution in [0.15, 0.2) is 24.3 Å². The Morgan fingerprint density at radius 2 is 1.82 bits per heavy atom. The van der Waals surface area contributed by atoms with Crippen molar-refractivity contribution in [2.45, 2.75) is 26.9 Å². The van der Waals surface area contributed by atoms with Gasteiger partial charge in [-0.2, -0.15) is 8.78 Å². The number of halogens is 2. The van der Waals surface area contributed by atoms with Crippen LogP contribution in [0.25, 0.3) is 0 Å². The summed E-state index contributed by atoms with van der Waals surface area (Å²) in [5, 5.41) is 8.74. The van der Waals surface area contributed by atoms with Gasteiger partial charge >= 0.3 is 12.6 Å². The molecule has 0 spiro atoms. The fourth-order valence-corrected chi connectivity index (χ4v) is 1.91. The second-order valence-electron chi connectivity index (χ2n) is 5.19. The van der Waals surface area contributed by atoms with Crippen LogP contribution in [-0.4, -0.2) is 41.6 Å². The number of alkyl halides is 2. The molecule has 0 saturated carbocycles. The van der Waals surface area contributed by atoms with Gasteiger partial charge in [-0.15, -0.1) is 0 Å². The van der Waals surface area contributed by atoms with E-state index >= 15 is 0 Å². The number of hydrogen-bond acceptors (Lipinski definition) is 3. The highest BCUT2D eigenvalue weighted by Gasteiger charge is 2.18. The smallest absolute Gasteiger partial charge is 0.387 e. The molecular weight excluding hydrogens is 296 g/mol. The van der Waals surface area contributed by atoms with Crippen molar-refractivity contribution < 1.29 is 28.2 Å². The number of hydrogen-bond donors (Lipinski definition) is 1. The molecule has 1 N–H and O–H groups in total. The molecule has 0 aromatic heterocycles. The summed E-state index contributed by atoms with van der Waals surface area (Å²) in [6, 6.07) is 5.33. The SMILES string of the molecule is CC(C)CN(CCC(=O)O)C(=O)c1ccc(OC(F)F)cc1. The lowest BCUT2D eigenvalue weighted by Crippen LogP contribution is -2.35. The molecule has 0 aliphatic heterocycles. The Labute approximate surface area is 127 Å². The van der Waals surface area contributed by atoms with Gasteiger partial charge in [-0.25, -0.2) is 0 Å². The molecule has 0 aliphatic rings. The van der Waals surface area contributed by atoms with Crippen LogP contribution in [0.5, 0.6) is 5.75 Å². The van der Waals surface area contributed by atoms with E-state index in [9.17, 15) is 18.4 Å². The number of ether oxygens (including phenoxy) is 1. The summed E-state index contributed by atoms with van der Waals surface area (Å²) in [4.78, 5) is 24.5. The second-order valence-corrected chi connectivity index (χ2v) is 5.19. The van der Waals surface area contributed by atoms with E-state index in [2.05, 4.69) is 4.74 Å². The van der Waals surface area contributed by atoms with Crippen molar-refractivity contribution in [3.05, 3.63) is 29.8 Å². The Kier molecular flexibility index (Phi) is 6.75. The number of carbonyl (C=O) groups excluding carboxylic acids is 1.